The molecule has 0 aliphatic rings. The molecule has 1 aromatic heterocycles. The summed E-state index contributed by atoms with van der Waals surface area (Å²) in [4.78, 5) is 11.7. The van der Waals surface area contributed by atoms with Gasteiger partial charge in [-0.3, -0.25) is 9.89 Å². The predicted octanol–water partition coefficient (Wildman–Crippen LogP) is 1.35. The van der Waals surface area contributed by atoms with E-state index in [4.69, 9.17) is 5.73 Å². The van der Waals surface area contributed by atoms with Crippen LogP contribution < -0.4 is 16.4 Å². The minimum absolute atomic E-state index is 0.115. The highest BCUT2D eigenvalue weighted by Crippen LogP contribution is 2.20. The molecule has 0 radical (unpaired) electrons. The van der Waals surface area contributed by atoms with Crippen molar-refractivity contribution in [1.29, 1.82) is 0 Å². The summed E-state index contributed by atoms with van der Waals surface area (Å²) >= 11 is 0. The number of nitrogens with zero attached hydrogens (tertiary/aromatic N) is 1. The SMILES string of the molecule is CCNC(=O)c1ccc(NCc2cn[nH]c2)c(N)c1. The normalized spacial score (nSPS) is 10.2. The maximum atomic E-state index is 11.7. The van der Waals surface area contributed by atoms with E-state index in [1.807, 2.05) is 13.1 Å². The summed E-state index contributed by atoms with van der Waals surface area (Å²) in [6.45, 7) is 3.10. The van der Waals surface area contributed by atoms with Crippen LogP contribution in [-0.2, 0) is 6.54 Å². The summed E-state index contributed by atoms with van der Waals surface area (Å²) in [5, 5.41) is 12.5. The quantitative estimate of drug-likeness (QED) is 0.609. The number of rotatable bonds is 5. The van der Waals surface area contributed by atoms with Crippen LogP contribution in [-0.4, -0.2) is 22.6 Å². The molecular formula is C13H17N5O. The van der Waals surface area contributed by atoms with Gasteiger partial charge in [0.2, 0.25) is 0 Å². The Balaban J connectivity index is 2.04. The Morgan fingerprint density at radius 1 is 1.47 bits per heavy atom. The first-order chi connectivity index (χ1) is 9.20. The molecule has 0 fully saturated rings. The van der Waals surface area contributed by atoms with E-state index in [0.717, 1.165) is 11.3 Å². The molecule has 0 aliphatic carbocycles. The number of carbonyl (C=O) groups excluding carboxylic acids is 1. The molecule has 2 rings (SSSR count). The summed E-state index contributed by atoms with van der Waals surface area (Å²) in [6, 6.07) is 5.22. The second-order valence-electron chi connectivity index (χ2n) is 4.12. The first-order valence-electron chi connectivity index (χ1n) is 6.10. The van der Waals surface area contributed by atoms with E-state index < -0.39 is 0 Å². The predicted molar refractivity (Wildman–Crippen MR) is 74.8 cm³/mol. The smallest absolute Gasteiger partial charge is 0.251 e. The third-order valence-electron chi connectivity index (χ3n) is 2.69. The molecule has 6 nitrogen and oxygen atoms in total. The van der Waals surface area contributed by atoms with Crippen LogP contribution in [0.1, 0.15) is 22.8 Å². The highest BCUT2D eigenvalue weighted by Gasteiger charge is 2.07. The van der Waals surface area contributed by atoms with Crippen molar-refractivity contribution in [3.8, 4) is 0 Å². The van der Waals surface area contributed by atoms with Crippen molar-refractivity contribution < 1.29 is 4.79 Å². The average Bonchev–Trinajstić information content (AvgIpc) is 2.90. The van der Waals surface area contributed by atoms with Crippen molar-refractivity contribution in [3.05, 3.63) is 41.7 Å². The van der Waals surface area contributed by atoms with E-state index in [0.29, 0.717) is 24.3 Å². The van der Waals surface area contributed by atoms with E-state index in [1.54, 1.807) is 24.4 Å². The van der Waals surface area contributed by atoms with Gasteiger partial charge < -0.3 is 16.4 Å². The minimum atomic E-state index is -0.115. The van der Waals surface area contributed by atoms with Gasteiger partial charge in [-0.2, -0.15) is 5.10 Å². The lowest BCUT2D eigenvalue weighted by Crippen LogP contribution is -2.22. The number of benzene rings is 1. The molecule has 2 aromatic rings. The van der Waals surface area contributed by atoms with E-state index in [-0.39, 0.29) is 5.91 Å². The zero-order valence-corrected chi connectivity index (χ0v) is 10.7. The summed E-state index contributed by atoms with van der Waals surface area (Å²) in [5.74, 6) is -0.115. The second kappa shape index (κ2) is 5.90. The first kappa shape index (κ1) is 12.9. The van der Waals surface area contributed by atoms with Gasteiger partial charge in [0.1, 0.15) is 0 Å². The van der Waals surface area contributed by atoms with Crippen molar-refractivity contribution in [2.24, 2.45) is 0 Å². The maximum absolute atomic E-state index is 11.7. The molecule has 1 amide bonds. The zero-order valence-electron chi connectivity index (χ0n) is 10.7. The Hall–Kier alpha value is -2.50. The van der Waals surface area contributed by atoms with Crippen LogP contribution in [0.4, 0.5) is 11.4 Å². The van der Waals surface area contributed by atoms with Crippen LogP contribution in [0.5, 0.6) is 0 Å². The second-order valence-corrected chi connectivity index (χ2v) is 4.12. The van der Waals surface area contributed by atoms with Crippen LogP contribution in [0.2, 0.25) is 0 Å². The van der Waals surface area contributed by atoms with Crippen LogP contribution in [0.15, 0.2) is 30.6 Å². The molecule has 0 saturated heterocycles. The van der Waals surface area contributed by atoms with Gasteiger partial charge in [-0.15, -0.1) is 0 Å². The fraction of sp³-hybridized carbons (Fsp3) is 0.231. The molecule has 0 spiro atoms. The van der Waals surface area contributed by atoms with Crippen LogP contribution in [0.3, 0.4) is 0 Å². The van der Waals surface area contributed by atoms with E-state index in [1.165, 1.54) is 0 Å². The number of nitrogens with two attached hydrogens (primary N) is 1. The molecule has 6 heteroatoms. The summed E-state index contributed by atoms with van der Waals surface area (Å²) in [5.41, 5.74) is 8.88. The average molecular weight is 259 g/mol. The van der Waals surface area contributed by atoms with Crippen molar-refractivity contribution in [2.45, 2.75) is 13.5 Å². The third-order valence-corrected chi connectivity index (χ3v) is 2.69. The topological polar surface area (TPSA) is 95.8 Å². The standard InChI is InChI=1S/C13H17N5O/c1-2-15-13(19)10-3-4-12(11(14)5-10)16-6-9-7-17-18-8-9/h3-5,7-8,16H,2,6,14H2,1H3,(H,15,19)(H,17,18). The molecule has 19 heavy (non-hydrogen) atoms. The zero-order chi connectivity index (χ0) is 13.7. The molecule has 0 saturated carbocycles. The Morgan fingerprint density at radius 2 is 2.32 bits per heavy atom. The minimum Gasteiger partial charge on any atom is -0.397 e. The van der Waals surface area contributed by atoms with Gasteiger partial charge in [0.25, 0.3) is 5.91 Å². The van der Waals surface area contributed by atoms with Gasteiger partial charge in [0.15, 0.2) is 0 Å². The van der Waals surface area contributed by atoms with Crippen molar-refractivity contribution in [2.75, 3.05) is 17.6 Å². The molecule has 5 N–H and O–H groups in total. The van der Waals surface area contributed by atoms with Crippen LogP contribution in [0.25, 0.3) is 0 Å². The number of hydrogen-bond acceptors (Lipinski definition) is 4. The highest BCUT2D eigenvalue weighted by molar-refractivity contribution is 5.96. The van der Waals surface area contributed by atoms with E-state index in [9.17, 15) is 4.79 Å². The summed E-state index contributed by atoms with van der Waals surface area (Å²) < 4.78 is 0. The lowest BCUT2D eigenvalue weighted by Gasteiger charge is -2.10. The van der Waals surface area contributed by atoms with E-state index >= 15 is 0 Å². The molecule has 0 aliphatic heterocycles. The number of nitrogens with one attached hydrogen (secondary N) is 3. The lowest BCUT2D eigenvalue weighted by molar-refractivity contribution is 0.0956. The number of amides is 1. The number of carbonyl (C=O) groups is 1. The van der Waals surface area contributed by atoms with Gasteiger partial charge in [0, 0.05) is 30.4 Å². The highest BCUT2D eigenvalue weighted by atomic mass is 16.1. The van der Waals surface area contributed by atoms with Crippen LogP contribution in [0, 0.1) is 0 Å². The first-order valence-corrected chi connectivity index (χ1v) is 6.10. The van der Waals surface area contributed by atoms with Crippen molar-refractivity contribution >= 4 is 17.3 Å². The van der Waals surface area contributed by atoms with Crippen LogP contribution >= 0.6 is 0 Å². The largest absolute Gasteiger partial charge is 0.397 e. The Kier molecular flexibility index (Phi) is 4.02. The molecule has 1 heterocycles. The van der Waals surface area contributed by atoms with Crippen molar-refractivity contribution in [3.63, 3.8) is 0 Å². The molecule has 0 bridgehead atoms. The summed E-state index contributed by atoms with van der Waals surface area (Å²) in [6.07, 6.45) is 3.55. The number of aromatic amines is 1. The molecule has 100 valence electrons. The monoisotopic (exact) mass is 259 g/mol. The van der Waals surface area contributed by atoms with Gasteiger partial charge in [-0.05, 0) is 25.1 Å². The Labute approximate surface area is 111 Å². The van der Waals surface area contributed by atoms with Gasteiger partial charge >= 0.3 is 0 Å². The molecule has 1 aromatic carbocycles. The number of aromatic nitrogens is 2. The molecule has 0 atom stereocenters. The third kappa shape index (κ3) is 3.25. The Bertz CT molecular complexity index is 550. The van der Waals surface area contributed by atoms with Gasteiger partial charge in [0.05, 0.1) is 17.6 Å². The fourth-order valence-electron chi connectivity index (χ4n) is 1.70. The number of nitrogen functional groups attached to an aromatic ring is 1. The Morgan fingerprint density at radius 3 is 2.95 bits per heavy atom. The number of hydrogen-bond donors (Lipinski definition) is 4. The molecule has 0 unspecified atom stereocenters. The van der Waals surface area contributed by atoms with E-state index in [2.05, 4.69) is 20.8 Å². The van der Waals surface area contributed by atoms with Gasteiger partial charge in [-0.25, -0.2) is 0 Å². The maximum Gasteiger partial charge on any atom is 0.251 e. The summed E-state index contributed by atoms with van der Waals surface area (Å²) in [7, 11) is 0. The number of anilines is 2. The fourth-order valence-corrected chi connectivity index (χ4v) is 1.70. The van der Waals surface area contributed by atoms with Crippen molar-refractivity contribution in [1.82, 2.24) is 15.5 Å². The molecular weight excluding hydrogens is 242 g/mol. The number of H-pyrrole nitrogens is 1. The lowest BCUT2D eigenvalue weighted by atomic mass is 10.1. The van der Waals surface area contributed by atoms with Gasteiger partial charge in [-0.1, -0.05) is 0 Å².